The fraction of sp³-hybridized carbons (Fsp3) is 0.923. The van der Waals surface area contributed by atoms with Crippen LogP contribution in [0.4, 0.5) is 0 Å². The Kier molecular flexibility index (Phi) is 57.0. The largest absolute Gasteiger partial charge is 0.381 e. The Hall–Kier alpha value is -0.370. The summed E-state index contributed by atoms with van der Waals surface area (Å²) in [6, 6.07) is 0. The number of ketones is 1. The molecule has 15 heavy (non-hydrogen) atoms. The normalized spacial score (nSPS) is 6.93. The van der Waals surface area contributed by atoms with E-state index in [0.717, 1.165) is 26.1 Å². The Morgan fingerprint density at radius 3 is 1.33 bits per heavy atom. The molecule has 98 valence electrons. The van der Waals surface area contributed by atoms with Gasteiger partial charge in [0.05, 0.1) is 0 Å². The van der Waals surface area contributed by atoms with E-state index in [9.17, 15) is 4.79 Å². The highest BCUT2D eigenvalue weighted by molar-refractivity contribution is 5.74. The van der Waals surface area contributed by atoms with Crippen LogP contribution in [-0.2, 0) is 9.53 Å². The van der Waals surface area contributed by atoms with Gasteiger partial charge in [-0.15, -0.1) is 0 Å². The molecule has 0 saturated heterocycles. The minimum absolute atomic E-state index is 0. The van der Waals surface area contributed by atoms with Crippen molar-refractivity contribution in [2.24, 2.45) is 0 Å². The zero-order valence-corrected chi connectivity index (χ0v) is 8.85. The van der Waals surface area contributed by atoms with Crippen LogP contribution in [0.1, 0.15) is 69.2 Å². The first-order valence-electron chi connectivity index (χ1n) is 4.76. The molecule has 2 nitrogen and oxygen atoms in total. The number of Topliss-reactive ketones (excluding diaryl/α,β-unsaturated/α-hetero) is 1. The molecule has 0 bridgehead atoms. The Morgan fingerprint density at radius 1 is 0.933 bits per heavy atom. The maximum atomic E-state index is 9.81. The molecule has 0 radical (unpaired) electrons. The summed E-state index contributed by atoms with van der Waals surface area (Å²) >= 11 is 0. The standard InChI is InChI=1S/C6H14O.C4H8O.3CH4/c1-3-5-7-6-4-2;1-3-4(2)5;;;/h3-6H2,1-2H3;3H2,1-2H3;3*1H4. The summed E-state index contributed by atoms with van der Waals surface area (Å²) in [6.07, 6.45) is 2.94. The summed E-state index contributed by atoms with van der Waals surface area (Å²) < 4.78 is 5.13. The number of hydrogen-bond acceptors (Lipinski definition) is 2. The van der Waals surface area contributed by atoms with Gasteiger partial charge in [-0.05, 0) is 19.8 Å². The highest BCUT2D eigenvalue weighted by Crippen LogP contribution is 1.81. The van der Waals surface area contributed by atoms with Gasteiger partial charge in [-0.25, -0.2) is 0 Å². The van der Waals surface area contributed by atoms with E-state index >= 15 is 0 Å². The maximum Gasteiger partial charge on any atom is 0.129 e. The molecule has 0 unspecified atom stereocenters. The Morgan fingerprint density at radius 2 is 1.20 bits per heavy atom. The quantitative estimate of drug-likeness (QED) is 0.629. The topological polar surface area (TPSA) is 26.3 Å². The van der Waals surface area contributed by atoms with Crippen molar-refractivity contribution in [1.29, 1.82) is 0 Å². The van der Waals surface area contributed by atoms with Crippen molar-refractivity contribution >= 4 is 5.78 Å². The van der Waals surface area contributed by atoms with Gasteiger partial charge in [-0.2, -0.15) is 0 Å². The molecule has 0 spiro atoms. The lowest BCUT2D eigenvalue weighted by molar-refractivity contribution is -0.116. The van der Waals surface area contributed by atoms with Gasteiger partial charge in [0.1, 0.15) is 5.78 Å². The van der Waals surface area contributed by atoms with E-state index in [-0.39, 0.29) is 28.1 Å². The van der Waals surface area contributed by atoms with E-state index in [1.165, 1.54) is 0 Å². The van der Waals surface area contributed by atoms with Crippen molar-refractivity contribution in [3.63, 3.8) is 0 Å². The first-order valence-corrected chi connectivity index (χ1v) is 4.76. The van der Waals surface area contributed by atoms with Crippen molar-refractivity contribution in [2.45, 2.75) is 69.2 Å². The summed E-state index contributed by atoms with van der Waals surface area (Å²) in [5.74, 6) is 0.255. The molecule has 0 aromatic heterocycles. The van der Waals surface area contributed by atoms with Gasteiger partial charge in [-0.1, -0.05) is 43.1 Å². The third-order valence-corrected chi connectivity index (χ3v) is 1.19. The molecule has 0 saturated carbocycles. The minimum Gasteiger partial charge on any atom is -0.381 e. The van der Waals surface area contributed by atoms with Crippen molar-refractivity contribution < 1.29 is 9.53 Å². The highest BCUT2D eigenvalue weighted by Gasteiger charge is 1.78. The molecule has 0 rings (SSSR count). The number of rotatable bonds is 5. The lowest BCUT2D eigenvalue weighted by Gasteiger charge is -1.95. The van der Waals surface area contributed by atoms with E-state index in [1.807, 2.05) is 6.92 Å². The monoisotopic (exact) mass is 222 g/mol. The van der Waals surface area contributed by atoms with E-state index < -0.39 is 0 Å². The average Bonchev–Trinajstić information content (AvgIpc) is 2.07. The number of ether oxygens (including phenoxy) is 1. The van der Waals surface area contributed by atoms with E-state index in [4.69, 9.17) is 4.74 Å². The molecule has 0 heterocycles. The predicted molar refractivity (Wildman–Crippen MR) is 72.6 cm³/mol. The van der Waals surface area contributed by atoms with Gasteiger partial charge < -0.3 is 9.53 Å². The zero-order valence-electron chi connectivity index (χ0n) is 8.85. The predicted octanol–water partition coefficient (Wildman–Crippen LogP) is 4.72. The molecule has 0 fully saturated rings. The third kappa shape index (κ3) is 58.2. The molecule has 0 aliphatic carbocycles. The molecular weight excluding hydrogens is 188 g/mol. The Bertz CT molecular complexity index is 86.5. The molecule has 0 aliphatic rings. The van der Waals surface area contributed by atoms with E-state index in [0.29, 0.717) is 6.42 Å². The third-order valence-electron chi connectivity index (χ3n) is 1.19. The zero-order chi connectivity index (χ0) is 9.82. The van der Waals surface area contributed by atoms with E-state index in [1.54, 1.807) is 6.92 Å². The summed E-state index contributed by atoms with van der Waals surface area (Å²) in [4.78, 5) is 9.81. The highest BCUT2D eigenvalue weighted by atomic mass is 16.5. The number of carbonyl (C=O) groups excluding carboxylic acids is 1. The van der Waals surface area contributed by atoms with Crippen LogP contribution in [0.15, 0.2) is 0 Å². The summed E-state index contributed by atoms with van der Waals surface area (Å²) in [7, 11) is 0. The van der Waals surface area contributed by atoms with Crippen LogP contribution in [-0.4, -0.2) is 19.0 Å². The van der Waals surface area contributed by atoms with Crippen molar-refractivity contribution in [1.82, 2.24) is 0 Å². The second-order valence-corrected chi connectivity index (χ2v) is 2.67. The first kappa shape index (κ1) is 29.3. The Labute approximate surface area is 98.4 Å². The SMILES string of the molecule is C.C.C.CCC(C)=O.CCCOCCC. The Balaban J connectivity index is -0.0000000383. The van der Waals surface area contributed by atoms with Gasteiger partial charge >= 0.3 is 0 Å². The molecule has 0 amide bonds. The molecule has 0 N–H and O–H groups in total. The number of hydrogen-bond donors (Lipinski definition) is 0. The first-order chi connectivity index (χ1) is 5.68. The minimum atomic E-state index is 0. The lowest BCUT2D eigenvalue weighted by atomic mass is 10.4. The van der Waals surface area contributed by atoms with Crippen molar-refractivity contribution in [3.05, 3.63) is 0 Å². The van der Waals surface area contributed by atoms with Crippen LogP contribution in [0.25, 0.3) is 0 Å². The maximum absolute atomic E-state index is 9.81. The van der Waals surface area contributed by atoms with Gasteiger partial charge in [0.2, 0.25) is 0 Å². The average molecular weight is 222 g/mol. The molecule has 0 atom stereocenters. The fourth-order valence-corrected chi connectivity index (χ4v) is 0.391. The molecule has 0 aromatic rings. The molecule has 0 aliphatic heterocycles. The van der Waals surface area contributed by atoms with Crippen LogP contribution >= 0.6 is 0 Å². The second-order valence-electron chi connectivity index (χ2n) is 2.67. The van der Waals surface area contributed by atoms with Gasteiger partial charge in [0, 0.05) is 19.6 Å². The smallest absolute Gasteiger partial charge is 0.129 e. The molecular formula is C13H34O2. The summed E-state index contributed by atoms with van der Waals surface area (Å²) in [6.45, 7) is 9.52. The van der Waals surface area contributed by atoms with Gasteiger partial charge in [0.15, 0.2) is 0 Å². The fourth-order valence-electron chi connectivity index (χ4n) is 0.391. The van der Waals surface area contributed by atoms with Crippen molar-refractivity contribution in [2.75, 3.05) is 13.2 Å². The van der Waals surface area contributed by atoms with Crippen LogP contribution < -0.4 is 0 Å². The van der Waals surface area contributed by atoms with E-state index in [2.05, 4.69) is 13.8 Å². The summed E-state index contributed by atoms with van der Waals surface area (Å²) in [5, 5.41) is 0. The van der Waals surface area contributed by atoms with Gasteiger partial charge in [-0.3, -0.25) is 0 Å². The lowest BCUT2D eigenvalue weighted by Crippen LogP contribution is -1.92. The summed E-state index contributed by atoms with van der Waals surface area (Å²) in [5.41, 5.74) is 0. The van der Waals surface area contributed by atoms with Crippen LogP contribution in [0.2, 0.25) is 0 Å². The second kappa shape index (κ2) is 29.2. The molecule has 0 aromatic carbocycles. The van der Waals surface area contributed by atoms with Crippen LogP contribution in [0, 0.1) is 0 Å². The molecule has 2 heteroatoms. The van der Waals surface area contributed by atoms with Crippen molar-refractivity contribution in [3.8, 4) is 0 Å². The van der Waals surface area contributed by atoms with Crippen LogP contribution in [0.3, 0.4) is 0 Å². The van der Waals surface area contributed by atoms with Gasteiger partial charge in [0.25, 0.3) is 0 Å². The van der Waals surface area contributed by atoms with Crippen LogP contribution in [0.5, 0.6) is 0 Å². The number of carbonyl (C=O) groups is 1.